The van der Waals surface area contributed by atoms with Crippen molar-refractivity contribution < 1.29 is 52.5 Å². The molecule has 2 aliphatic rings. The zero-order valence-corrected chi connectivity index (χ0v) is 40.2. The molecule has 0 radical (unpaired) electrons. The topological polar surface area (TPSA) is 113 Å². The van der Waals surface area contributed by atoms with Crippen LogP contribution >= 0.6 is 0 Å². The maximum atomic E-state index is 12.6. The molecule has 0 saturated carbocycles. The Kier molecular flexibility index (Phi) is 19.1. The van der Waals surface area contributed by atoms with E-state index in [1.807, 2.05) is 202 Å². The standard InChI is InChI=1S/C59H66O11/c1-59(2)68-42-51(70-59)54(64-38-45-26-14-6-15-27-45)53(63-37-44-24-12-5-13-25-44)50(62-36-43-22-10-4-11-23-43)35-34-49(60)52-55(65-39-46-28-16-7-17-29-46)56(66-40-47-30-18-8-19-31-47)57(58(61-3)69-52)67-41-48-32-20-9-21-33-48/h4-35,49-58,60H,36-42H2,1-3H3/b35-34+/t49-,50+,51-,52-,53-,54-,55-,56+,57-,58+/m1/s1. The minimum Gasteiger partial charge on any atom is -0.386 e. The van der Waals surface area contributed by atoms with Crippen LogP contribution in [0.3, 0.4) is 0 Å². The van der Waals surface area contributed by atoms with Crippen LogP contribution in [-0.4, -0.2) is 85.8 Å². The SMILES string of the molecule is CO[C@H]1O[C@H]([C@H](O)/C=C/[C@H](OCc2ccccc2)[C@@H](OCc2ccccc2)[C@H](OCc2ccccc2)[C@H]2COC(C)(C)O2)[C@@H](OCc2ccccc2)[C@H](OCc2ccccc2)[C@H]1OCc1ccccc1. The van der Waals surface area contributed by atoms with Crippen LogP contribution in [0.25, 0.3) is 0 Å². The summed E-state index contributed by atoms with van der Waals surface area (Å²) in [6.07, 6.45) is -4.86. The Morgan fingerprint density at radius 1 is 0.514 bits per heavy atom. The number of methoxy groups -OCH3 is 1. The third kappa shape index (κ3) is 14.8. The van der Waals surface area contributed by atoms with E-state index in [1.54, 1.807) is 13.2 Å². The molecule has 0 aromatic heterocycles. The van der Waals surface area contributed by atoms with Crippen molar-refractivity contribution in [3.8, 4) is 0 Å². The molecule has 368 valence electrons. The van der Waals surface area contributed by atoms with Gasteiger partial charge in [-0.1, -0.05) is 194 Å². The fourth-order valence-corrected chi connectivity index (χ4v) is 8.72. The van der Waals surface area contributed by atoms with Crippen LogP contribution in [0.15, 0.2) is 194 Å². The number of hydrogen-bond donors (Lipinski definition) is 1. The van der Waals surface area contributed by atoms with Crippen molar-refractivity contribution in [1.82, 2.24) is 0 Å². The first-order valence-corrected chi connectivity index (χ1v) is 24.1. The van der Waals surface area contributed by atoms with Gasteiger partial charge in [0.25, 0.3) is 0 Å². The van der Waals surface area contributed by atoms with Gasteiger partial charge in [0.1, 0.15) is 54.9 Å². The number of benzene rings is 6. The van der Waals surface area contributed by atoms with Crippen molar-refractivity contribution in [2.45, 2.75) is 121 Å². The molecule has 70 heavy (non-hydrogen) atoms. The second-order valence-corrected chi connectivity index (χ2v) is 18.0. The number of aliphatic hydroxyl groups is 1. The Hall–Kier alpha value is -5.38. The summed E-state index contributed by atoms with van der Waals surface area (Å²) in [6.45, 7) is 5.55. The molecule has 0 amide bonds. The van der Waals surface area contributed by atoms with E-state index < -0.39 is 67.0 Å². The average molecular weight is 951 g/mol. The quantitative estimate of drug-likeness (QED) is 0.0554. The first-order valence-electron chi connectivity index (χ1n) is 24.1. The van der Waals surface area contributed by atoms with Gasteiger partial charge in [0.15, 0.2) is 12.1 Å². The van der Waals surface area contributed by atoms with E-state index in [-0.39, 0.29) is 46.2 Å². The van der Waals surface area contributed by atoms with Gasteiger partial charge in [-0.3, -0.25) is 0 Å². The lowest BCUT2D eigenvalue weighted by atomic mass is 9.93. The van der Waals surface area contributed by atoms with Gasteiger partial charge in [-0.15, -0.1) is 0 Å². The lowest BCUT2D eigenvalue weighted by Crippen LogP contribution is -2.63. The maximum Gasteiger partial charge on any atom is 0.186 e. The predicted molar refractivity (Wildman–Crippen MR) is 266 cm³/mol. The third-order valence-corrected chi connectivity index (χ3v) is 12.4. The smallest absolute Gasteiger partial charge is 0.186 e. The second kappa shape index (κ2) is 26.2. The monoisotopic (exact) mass is 950 g/mol. The average Bonchev–Trinajstić information content (AvgIpc) is 3.78. The van der Waals surface area contributed by atoms with Crippen LogP contribution in [0.2, 0.25) is 0 Å². The summed E-state index contributed by atoms with van der Waals surface area (Å²) in [5.41, 5.74) is 5.79. The van der Waals surface area contributed by atoms with Crippen LogP contribution in [-0.2, 0) is 87.0 Å². The molecule has 11 heteroatoms. The Balaban J connectivity index is 1.15. The van der Waals surface area contributed by atoms with E-state index in [2.05, 4.69) is 0 Å². The molecule has 1 N–H and O–H groups in total. The van der Waals surface area contributed by atoms with Crippen LogP contribution in [0, 0.1) is 0 Å². The summed E-state index contributed by atoms with van der Waals surface area (Å²) < 4.78 is 66.6. The summed E-state index contributed by atoms with van der Waals surface area (Å²) >= 11 is 0. The molecular weight excluding hydrogens is 885 g/mol. The van der Waals surface area contributed by atoms with Crippen LogP contribution in [0.4, 0.5) is 0 Å². The molecule has 11 nitrogen and oxygen atoms in total. The lowest BCUT2D eigenvalue weighted by Gasteiger charge is -2.46. The minimum absolute atomic E-state index is 0.217. The molecule has 2 saturated heterocycles. The van der Waals surface area contributed by atoms with Crippen LogP contribution in [0.1, 0.15) is 47.2 Å². The molecule has 2 fully saturated rings. The molecule has 8 rings (SSSR count). The number of ether oxygens (including phenoxy) is 10. The van der Waals surface area contributed by atoms with Gasteiger partial charge in [0.05, 0.1) is 46.2 Å². The number of aliphatic hydroxyl groups excluding tert-OH is 1. The summed E-state index contributed by atoms with van der Waals surface area (Å²) in [4.78, 5) is 0. The van der Waals surface area contributed by atoms with E-state index in [1.165, 1.54) is 0 Å². The Labute approximate surface area is 412 Å². The van der Waals surface area contributed by atoms with Gasteiger partial charge >= 0.3 is 0 Å². The number of rotatable bonds is 25. The van der Waals surface area contributed by atoms with Gasteiger partial charge in [-0.05, 0) is 47.2 Å². The summed E-state index contributed by atoms with van der Waals surface area (Å²) in [7, 11) is 1.57. The molecule has 0 bridgehead atoms. The van der Waals surface area contributed by atoms with E-state index in [9.17, 15) is 5.11 Å². The molecule has 6 aromatic carbocycles. The van der Waals surface area contributed by atoms with Crippen LogP contribution < -0.4 is 0 Å². The van der Waals surface area contributed by atoms with Gasteiger partial charge in [0, 0.05) is 7.11 Å². The van der Waals surface area contributed by atoms with Gasteiger partial charge in [-0.25, -0.2) is 0 Å². The van der Waals surface area contributed by atoms with Crippen molar-refractivity contribution in [2.75, 3.05) is 13.7 Å². The maximum absolute atomic E-state index is 12.6. The van der Waals surface area contributed by atoms with Gasteiger partial charge in [0.2, 0.25) is 0 Å². The summed E-state index contributed by atoms with van der Waals surface area (Å²) in [5, 5.41) is 12.6. The summed E-state index contributed by atoms with van der Waals surface area (Å²) in [5.74, 6) is -0.859. The van der Waals surface area contributed by atoms with E-state index >= 15 is 0 Å². The predicted octanol–water partition coefficient (Wildman–Crippen LogP) is 9.94. The molecule has 6 aromatic rings. The largest absolute Gasteiger partial charge is 0.386 e. The molecule has 0 aliphatic carbocycles. The van der Waals surface area contributed by atoms with Crippen molar-refractivity contribution >= 4 is 0 Å². The summed E-state index contributed by atoms with van der Waals surface area (Å²) in [6, 6.07) is 59.6. The minimum atomic E-state index is -1.28. The third-order valence-electron chi connectivity index (χ3n) is 12.4. The van der Waals surface area contributed by atoms with Crippen molar-refractivity contribution in [3.05, 3.63) is 228 Å². The van der Waals surface area contributed by atoms with Gasteiger partial charge < -0.3 is 52.5 Å². The highest BCUT2D eigenvalue weighted by molar-refractivity contribution is 5.19. The highest BCUT2D eigenvalue weighted by Gasteiger charge is 2.51. The molecule has 2 heterocycles. The zero-order chi connectivity index (χ0) is 48.4. The highest BCUT2D eigenvalue weighted by atomic mass is 16.8. The lowest BCUT2D eigenvalue weighted by molar-refractivity contribution is -0.326. The van der Waals surface area contributed by atoms with E-state index in [4.69, 9.17) is 47.4 Å². The normalized spacial score (nSPS) is 22.9. The van der Waals surface area contributed by atoms with Crippen molar-refractivity contribution in [2.24, 2.45) is 0 Å². The molecular formula is C59H66O11. The molecule has 10 atom stereocenters. The van der Waals surface area contributed by atoms with Crippen molar-refractivity contribution in [3.63, 3.8) is 0 Å². The molecule has 2 aliphatic heterocycles. The zero-order valence-electron chi connectivity index (χ0n) is 40.2. The highest BCUT2D eigenvalue weighted by Crippen LogP contribution is 2.34. The first-order chi connectivity index (χ1) is 34.3. The Morgan fingerprint density at radius 3 is 1.34 bits per heavy atom. The Bertz CT molecular complexity index is 2390. The van der Waals surface area contributed by atoms with E-state index in [0.29, 0.717) is 0 Å². The fourth-order valence-electron chi connectivity index (χ4n) is 8.72. The van der Waals surface area contributed by atoms with Gasteiger partial charge in [-0.2, -0.15) is 0 Å². The van der Waals surface area contributed by atoms with Crippen molar-refractivity contribution in [1.29, 1.82) is 0 Å². The molecule has 0 unspecified atom stereocenters. The Morgan fingerprint density at radius 2 is 0.914 bits per heavy atom. The van der Waals surface area contributed by atoms with E-state index in [0.717, 1.165) is 33.4 Å². The van der Waals surface area contributed by atoms with Crippen LogP contribution in [0.5, 0.6) is 0 Å². The fraction of sp³-hybridized carbons (Fsp3) is 0.356. The molecule has 0 spiro atoms. The second-order valence-electron chi connectivity index (χ2n) is 18.0. The number of hydrogen-bond acceptors (Lipinski definition) is 11. The first kappa shape index (κ1) is 51.0.